The molecule has 0 radical (unpaired) electrons. The predicted molar refractivity (Wildman–Crippen MR) is 77.4 cm³/mol. The fourth-order valence-corrected chi connectivity index (χ4v) is 3.08. The van der Waals surface area contributed by atoms with Crippen LogP contribution in [0.5, 0.6) is 0 Å². The maximum Gasteiger partial charge on any atom is 0.137 e. The Labute approximate surface area is 121 Å². The quantitative estimate of drug-likeness (QED) is 0.801. The normalized spacial score (nSPS) is 24.2. The molecule has 0 spiro atoms. The average Bonchev–Trinajstić information content (AvgIpc) is 2.37. The van der Waals surface area contributed by atoms with Crippen molar-refractivity contribution in [2.45, 2.75) is 37.6 Å². The molecule has 1 aliphatic rings. The van der Waals surface area contributed by atoms with Gasteiger partial charge in [-0.3, -0.25) is 0 Å². The van der Waals surface area contributed by atoms with Gasteiger partial charge in [0.25, 0.3) is 0 Å². The minimum absolute atomic E-state index is 0.197. The molecule has 1 nitrogen and oxygen atoms in total. The number of alkyl halides is 1. The third kappa shape index (κ3) is 3.94. The first kappa shape index (κ1) is 14.3. The van der Waals surface area contributed by atoms with Gasteiger partial charge in [0.05, 0.1) is 4.47 Å². The Morgan fingerprint density at radius 2 is 2.00 bits per heavy atom. The molecule has 4 heteroatoms. The molecule has 0 aliphatic heterocycles. The van der Waals surface area contributed by atoms with Gasteiger partial charge in [-0.25, -0.2) is 4.39 Å². The third-order valence-corrected chi connectivity index (χ3v) is 4.88. The number of halogens is 3. The van der Waals surface area contributed by atoms with E-state index in [1.165, 1.54) is 18.9 Å². The molecule has 0 saturated heterocycles. The lowest BCUT2D eigenvalue weighted by molar-refractivity contribution is 0.345. The van der Waals surface area contributed by atoms with E-state index in [1.807, 2.05) is 6.07 Å². The summed E-state index contributed by atoms with van der Waals surface area (Å²) in [4.78, 5) is 0. The predicted octanol–water partition coefficient (Wildman–Crippen LogP) is 4.48. The lowest BCUT2D eigenvalue weighted by atomic mass is 9.89. The Morgan fingerprint density at radius 1 is 1.28 bits per heavy atom. The summed E-state index contributed by atoms with van der Waals surface area (Å²) in [5, 5.41) is 3.79. The van der Waals surface area contributed by atoms with E-state index in [4.69, 9.17) is 11.6 Å². The van der Waals surface area contributed by atoms with Crippen LogP contribution in [-0.4, -0.2) is 11.9 Å². The summed E-state index contributed by atoms with van der Waals surface area (Å²) in [5.41, 5.74) is 0.973. The molecule has 0 unspecified atom stereocenters. The van der Waals surface area contributed by atoms with Gasteiger partial charge < -0.3 is 5.32 Å². The van der Waals surface area contributed by atoms with E-state index in [0.29, 0.717) is 22.3 Å². The Morgan fingerprint density at radius 3 is 2.72 bits per heavy atom. The zero-order valence-corrected chi connectivity index (χ0v) is 12.6. The Bertz CT molecular complexity index is 391. The van der Waals surface area contributed by atoms with Gasteiger partial charge in [-0.2, -0.15) is 0 Å². The first-order chi connectivity index (χ1) is 8.66. The Balaban J connectivity index is 1.77. The van der Waals surface area contributed by atoms with Gasteiger partial charge in [0.2, 0.25) is 0 Å². The van der Waals surface area contributed by atoms with E-state index in [-0.39, 0.29) is 5.82 Å². The molecular weight excluding hydrogens is 317 g/mol. The molecule has 2 rings (SSSR count). The van der Waals surface area contributed by atoms with Crippen LogP contribution in [0.1, 0.15) is 31.2 Å². The first-order valence-electron chi connectivity index (χ1n) is 6.44. The maximum absolute atomic E-state index is 13.3. The van der Waals surface area contributed by atoms with Gasteiger partial charge in [0.15, 0.2) is 0 Å². The lowest BCUT2D eigenvalue weighted by Gasteiger charge is -2.25. The first-order valence-corrected chi connectivity index (χ1v) is 7.67. The van der Waals surface area contributed by atoms with Crippen molar-refractivity contribution < 1.29 is 4.39 Å². The largest absolute Gasteiger partial charge is 0.312 e. The van der Waals surface area contributed by atoms with E-state index in [1.54, 1.807) is 6.07 Å². The van der Waals surface area contributed by atoms with Crippen molar-refractivity contribution in [2.75, 3.05) is 6.54 Å². The molecule has 0 amide bonds. The van der Waals surface area contributed by atoms with Crippen molar-refractivity contribution in [3.05, 3.63) is 34.1 Å². The summed E-state index contributed by atoms with van der Waals surface area (Å²) in [7, 11) is 0. The van der Waals surface area contributed by atoms with Crippen molar-refractivity contribution in [1.82, 2.24) is 5.32 Å². The summed E-state index contributed by atoms with van der Waals surface area (Å²) >= 11 is 9.36. The molecule has 0 bridgehead atoms. The van der Waals surface area contributed by atoms with Crippen LogP contribution in [0.25, 0.3) is 0 Å². The molecule has 1 fully saturated rings. The SMILES string of the molecule is Fc1cccc(CNCC2CCC(Cl)CC2)c1Br. The number of nitrogens with one attached hydrogen (secondary N) is 1. The fraction of sp³-hybridized carbons (Fsp3) is 0.571. The van der Waals surface area contributed by atoms with Gasteiger partial charge in [-0.05, 0) is 65.7 Å². The van der Waals surface area contributed by atoms with Crippen LogP contribution >= 0.6 is 27.5 Å². The van der Waals surface area contributed by atoms with Gasteiger partial charge in [0.1, 0.15) is 5.82 Å². The van der Waals surface area contributed by atoms with Crippen LogP contribution in [0.4, 0.5) is 4.39 Å². The second-order valence-electron chi connectivity index (χ2n) is 4.96. The zero-order chi connectivity index (χ0) is 13.0. The van der Waals surface area contributed by atoms with Crippen LogP contribution in [0, 0.1) is 11.7 Å². The average molecular weight is 335 g/mol. The Kier molecular flexibility index (Phi) is 5.46. The van der Waals surface area contributed by atoms with E-state index >= 15 is 0 Å². The van der Waals surface area contributed by atoms with Crippen molar-refractivity contribution in [3.63, 3.8) is 0 Å². The fourth-order valence-electron chi connectivity index (χ4n) is 2.42. The van der Waals surface area contributed by atoms with Gasteiger partial charge in [-0.15, -0.1) is 11.6 Å². The molecule has 100 valence electrons. The molecule has 0 heterocycles. The Hall–Kier alpha value is -0.120. The monoisotopic (exact) mass is 333 g/mol. The van der Waals surface area contributed by atoms with Crippen molar-refractivity contribution in [1.29, 1.82) is 0 Å². The molecule has 1 aliphatic carbocycles. The zero-order valence-electron chi connectivity index (χ0n) is 10.3. The highest BCUT2D eigenvalue weighted by molar-refractivity contribution is 9.10. The van der Waals surface area contributed by atoms with E-state index in [2.05, 4.69) is 21.2 Å². The number of rotatable bonds is 4. The van der Waals surface area contributed by atoms with Crippen LogP contribution in [0.3, 0.4) is 0 Å². The molecule has 1 aromatic carbocycles. The highest BCUT2D eigenvalue weighted by Crippen LogP contribution is 2.27. The molecule has 0 atom stereocenters. The van der Waals surface area contributed by atoms with Crippen LogP contribution in [0.2, 0.25) is 0 Å². The molecule has 1 N–H and O–H groups in total. The molecule has 1 aromatic rings. The molecule has 0 aromatic heterocycles. The summed E-state index contributed by atoms with van der Waals surface area (Å²) in [6.07, 6.45) is 4.64. The van der Waals surface area contributed by atoms with E-state index in [9.17, 15) is 4.39 Å². The highest BCUT2D eigenvalue weighted by atomic mass is 79.9. The van der Waals surface area contributed by atoms with Crippen molar-refractivity contribution in [3.8, 4) is 0 Å². The summed E-state index contributed by atoms with van der Waals surface area (Å²) in [6.45, 7) is 1.70. The standard InChI is InChI=1S/C14H18BrClFN/c15-14-11(2-1-3-13(14)17)9-18-8-10-4-6-12(16)7-5-10/h1-3,10,12,18H,4-9H2. The molecular formula is C14H18BrClFN. The van der Waals surface area contributed by atoms with Gasteiger partial charge in [-0.1, -0.05) is 12.1 Å². The van der Waals surface area contributed by atoms with Crippen molar-refractivity contribution in [2.24, 2.45) is 5.92 Å². The van der Waals surface area contributed by atoms with E-state index < -0.39 is 0 Å². The number of hydrogen-bond donors (Lipinski definition) is 1. The highest BCUT2D eigenvalue weighted by Gasteiger charge is 2.18. The lowest BCUT2D eigenvalue weighted by Crippen LogP contribution is -2.26. The summed E-state index contributed by atoms with van der Waals surface area (Å²) in [5.74, 6) is 0.518. The van der Waals surface area contributed by atoms with Crippen LogP contribution < -0.4 is 5.32 Å². The van der Waals surface area contributed by atoms with Crippen molar-refractivity contribution >= 4 is 27.5 Å². The second kappa shape index (κ2) is 6.88. The number of hydrogen-bond acceptors (Lipinski definition) is 1. The van der Waals surface area contributed by atoms with Crippen LogP contribution in [-0.2, 0) is 6.54 Å². The van der Waals surface area contributed by atoms with Gasteiger partial charge >= 0.3 is 0 Å². The minimum atomic E-state index is -0.197. The van der Waals surface area contributed by atoms with Crippen LogP contribution in [0.15, 0.2) is 22.7 Å². The second-order valence-corrected chi connectivity index (χ2v) is 6.37. The maximum atomic E-state index is 13.3. The van der Waals surface area contributed by atoms with Gasteiger partial charge in [0, 0.05) is 11.9 Å². The third-order valence-electron chi connectivity index (χ3n) is 3.56. The van der Waals surface area contributed by atoms with E-state index in [0.717, 1.165) is 24.9 Å². The topological polar surface area (TPSA) is 12.0 Å². The summed E-state index contributed by atoms with van der Waals surface area (Å²) in [6, 6.07) is 5.15. The molecule has 18 heavy (non-hydrogen) atoms. The number of benzene rings is 1. The summed E-state index contributed by atoms with van der Waals surface area (Å²) < 4.78 is 13.9. The minimum Gasteiger partial charge on any atom is -0.312 e. The molecule has 1 saturated carbocycles. The smallest absolute Gasteiger partial charge is 0.137 e.